The third-order valence-corrected chi connectivity index (χ3v) is 2.43. The summed E-state index contributed by atoms with van der Waals surface area (Å²) < 4.78 is 1.22. The van der Waals surface area contributed by atoms with Crippen LogP contribution in [0.4, 0.5) is 4.79 Å². The summed E-state index contributed by atoms with van der Waals surface area (Å²) in [7, 11) is 0. The average Bonchev–Trinajstić information content (AvgIpc) is 2.41. The van der Waals surface area contributed by atoms with E-state index in [9.17, 15) is 4.79 Å². The van der Waals surface area contributed by atoms with Gasteiger partial charge in [-0.2, -0.15) is 0 Å². The number of aromatic nitrogens is 1. The lowest BCUT2D eigenvalue weighted by Gasteiger charge is -1.91. The molecule has 0 aliphatic rings. The van der Waals surface area contributed by atoms with Crippen LogP contribution < -0.4 is 0 Å². The molecule has 56 valence electrons. The van der Waals surface area contributed by atoms with Crippen molar-refractivity contribution in [3.8, 4) is 0 Å². The topological polar surface area (TPSA) is 42.2 Å². The first kappa shape index (κ1) is 6.42. The molecule has 0 unspecified atom stereocenters. The van der Waals surface area contributed by atoms with Crippen molar-refractivity contribution in [1.82, 2.24) is 4.57 Å². The SMILES string of the molecule is O=C(O)n1ccc2ccsc21. The van der Waals surface area contributed by atoms with Crippen LogP contribution in [0.2, 0.25) is 0 Å². The van der Waals surface area contributed by atoms with E-state index in [0.717, 1.165) is 10.2 Å². The molecule has 4 heteroatoms. The van der Waals surface area contributed by atoms with Crippen LogP contribution in [0.3, 0.4) is 0 Å². The number of carboxylic acid groups (broad SMARTS) is 1. The minimum atomic E-state index is -0.928. The van der Waals surface area contributed by atoms with E-state index in [2.05, 4.69) is 0 Å². The lowest BCUT2D eigenvalue weighted by Crippen LogP contribution is -2.04. The molecule has 0 fully saturated rings. The fourth-order valence-corrected chi connectivity index (χ4v) is 1.88. The highest BCUT2D eigenvalue weighted by Gasteiger charge is 2.06. The maximum Gasteiger partial charge on any atom is 0.416 e. The van der Waals surface area contributed by atoms with E-state index >= 15 is 0 Å². The number of hydrogen-bond acceptors (Lipinski definition) is 2. The Morgan fingerprint density at radius 1 is 1.55 bits per heavy atom. The molecular weight excluding hydrogens is 162 g/mol. The first-order chi connectivity index (χ1) is 5.29. The Kier molecular flexibility index (Phi) is 1.22. The van der Waals surface area contributed by atoms with Crippen LogP contribution in [-0.4, -0.2) is 15.8 Å². The zero-order valence-corrected chi connectivity index (χ0v) is 6.34. The fraction of sp³-hybridized carbons (Fsp3) is 0. The predicted octanol–water partition coefficient (Wildman–Crippen LogP) is 2.23. The average molecular weight is 167 g/mol. The third-order valence-electron chi connectivity index (χ3n) is 1.50. The van der Waals surface area contributed by atoms with E-state index in [1.165, 1.54) is 15.9 Å². The van der Waals surface area contributed by atoms with Crippen molar-refractivity contribution in [1.29, 1.82) is 0 Å². The number of fused-ring (bicyclic) bond motifs is 1. The summed E-state index contributed by atoms with van der Waals surface area (Å²) >= 11 is 1.43. The summed E-state index contributed by atoms with van der Waals surface area (Å²) in [6.07, 6.45) is 0.631. The third kappa shape index (κ3) is 0.832. The summed E-state index contributed by atoms with van der Waals surface area (Å²) in [5.74, 6) is 0. The first-order valence-electron chi connectivity index (χ1n) is 3.07. The summed E-state index contributed by atoms with van der Waals surface area (Å²) in [5, 5.41) is 11.5. The summed E-state index contributed by atoms with van der Waals surface area (Å²) in [5.41, 5.74) is 0. The van der Waals surface area contributed by atoms with Gasteiger partial charge in [-0.3, -0.25) is 0 Å². The van der Waals surface area contributed by atoms with Crippen molar-refractivity contribution in [2.24, 2.45) is 0 Å². The normalized spacial score (nSPS) is 10.5. The van der Waals surface area contributed by atoms with Gasteiger partial charge >= 0.3 is 6.09 Å². The molecule has 0 spiro atoms. The minimum absolute atomic E-state index is 0.789. The minimum Gasteiger partial charge on any atom is -0.464 e. The largest absolute Gasteiger partial charge is 0.464 e. The second-order valence-corrected chi connectivity index (χ2v) is 3.04. The zero-order chi connectivity index (χ0) is 7.84. The molecule has 0 bridgehead atoms. The number of thiophene rings is 1. The highest BCUT2D eigenvalue weighted by Crippen LogP contribution is 2.21. The number of carbonyl (C=O) groups is 1. The maximum absolute atomic E-state index is 10.5. The van der Waals surface area contributed by atoms with Crippen molar-refractivity contribution in [3.05, 3.63) is 23.7 Å². The molecule has 0 saturated heterocycles. The highest BCUT2D eigenvalue weighted by molar-refractivity contribution is 7.16. The second-order valence-electron chi connectivity index (χ2n) is 2.15. The van der Waals surface area contributed by atoms with E-state index in [0.29, 0.717) is 0 Å². The van der Waals surface area contributed by atoms with Crippen LogP contribution in [0.1, 0.15) is 0 Å². The van der Waals surface area contributed by atoms with Crippen LogP contribution in [0, 0.1) is 0 Å². The van der Waals surface area contributed by atoms with E-state index in [1.54, 1.807) is 12.3 Å². The van der Waals surface area contributed by atoms with E-state index in [4.69, 9.17) is 5.11 Å². The molecule has 0 aliphatic carbocycles. The summed E-state index contributed by atoms with van der Waals surface area (Å²) in [6, 6.07) is 3.69. The van der Waals surface area contributed by atoms with E-state index in [-0.39, 0.29) is 0 Å². The fourth-order valence-electron chi connectivity index (χ4n) is 1.01. The van der Waals surface area contributed by atoms with Crippen molar-refractivity contribution >= 4 is 27.6 Å². The molecule has 2 aromatic heterocycles. The van der Waals surface area contributed by atoms with Gasteiger partial charge in [-0.05, 0) is 17.5 Å². The zero-order valence-electron chi connectivity index (χ0n) is 5.52. The van der Waals surface area contributed by atoms with Gasteiger partial charge in [0, 0.05) is 11.6 Å². The van der Waals surface area contributed by atoms with Crippen LogP contribution >= 0.6 is 11.3 Å². The molecule has 2 heterocycles. The summed E-state index contributed by atoms with van der Waals surface area (Å²) in [6.45, 7) is 0. The van der Waals surface area contributed by atoms with Gasteiger partial charge in [0.1, 0.15) is 4.83 Å². The Bertz CT molecular complexity index is 401. The smallest absolute Gasteiger partial charge is 0.416 e. The molecule has 1 N–H and O–H groups in total. The van der Waals surface area contributed by atoms with Gasteiger partial charge in [-0.25, -0.2) is 9.36 Å². The molecule has 0 aromatic carbocycles. The van der Waals surface area contributed by atoms with Crippen molar-refractivity contribution < 1.29 is 9.90 Å². The molecule has 0 atom stereocenters. The predicted molar refractivity (Wildman–Crippen MR) is 43.2 cm³/mol. The number of nitrogens with zero attached hydrogens (tertiary/aromatic N) is 1. The molecule has 0 amide bonds. The first-order valence-corrected chi connectivity index (χ1v) is 3.95. The molecule has 0 radical (unpaired) electrons. The van der Waals surface area contributed by atoms with Crippen molar-refractivity contribution in [2.45, 2.75) is 0 Å². The molecule has 2 aromatic rings. The van der Waals surface area contributed by atoms with E-state index < -0.39 is 6.09 Å². The molecular formula is C7H5NO2S. The van der Waals surface area contributed by atoms with Crippen LogP contribution in [0.15, 0.2) is 23.7 Å². The van der Waals surface area contributed by atoms with Gasteiger partial charge in [0.05, 0.1) is 0 Å². The molecule has 2 rings (SSSR count). The lowest BCUT2D eigenvalue weighted by molar-refractivity contribution is 0.197. The van der Waals surface area contributed by atoms with Gasteiger partial charge in [-0.1, -0.05) is 0 Å². The Balaban J connectivity index is 2.78. The van der Waals surface area contributed by atoms with Crippen molar-refractivity contribution in [3.63, 3.8) is 0 Å². The Labute approximate surface area is 66.5 Å². The molecule has 0 aliphatic heterocycles. The van der Waals surface area contributed by atoms with Gasteiger partial charge in [0.25, 0.3) is 0 Å². The number of hydrogen-bond donors (Lipinski definition) is 1. The Morgan fingerprint density at radius 2 is 2.36 bits per heavy atom. The molecule has 0 saturated carbocycles. The van der Waals surface area contributed by atoms with Crippen LogP contribution in [-0.2, 0) is 0 Å². The lowest BCUT2D eigenvalue weighted by atomic mass is 10.4. The Morgan fingerprint density at radius 3 is 3.09 bits per heavy atom. The highest BCUT2D eigenvalue weighted by atomic mass is 32.1. The second kappa shape index (κ2) is 2.10. The molecule has 3 nitrogen and oxygen atoms in total. The van der Waals surface area contributed by atoms with Crippen molar-refractivity contribution in [2.75, 3.05) is 0 Å². The van der Waals surface area contributed by atoms with Gasteiger partial charge < -0.3 is 5.11 Å². The molecule has 11 heavy (non-hydrogen) atoms. The Hall–Kier alpha value is -1.29. The number of rotatable bonds is 0. The van der Waals surface area contributed by atoms with Crippen LogP contribution in [0.25, 0.3) is 10.2 Å². The monoisotopic (exact) mass is 167 g/mol. The standard InChI is InChI=1S/C7H5NO2S/c9-7(10)8-3-1-5-2-4-11-6(5)8/h1-4H,(H,9,10). The van der Waals surface area contributed by atoms with Gasteiger partial charge in [0.15, 0.2) is 0 Å². The summed E-state index contributed by atoms with van der Waals surface area (Å²) in [4.78, 5) is 11.3. The maximum atomic E-state index is 10.5. The van der Waals surface area contributed by atoms with Gasteiger partial charge in [0.2, 0.25) is 0 Å². The quantitative estimate of drug-likeness (QED) is 0.653. The van der Waals surface area contributed by atoms with Gasteiger partial charge in [-0.15, -0.1) is 11.3 Å². The van der Waals surface area contributed by atoms with E-state index in [1.807, 2.05) is 11.4 Å². The van der Waals surface area contributed by atoms with Crippen LogP contribution in [0.5, 0.6) is 0 Å².